The Morgan fingerprint density at radius 2 is 1.97 bits per heavy atom. The van der Waals surface area contributed by atoms with Gasteiger partial charge in [0.25, 0.3) is 0 Å². The van der Waals surface area contributed by atoms with Crippen molar-refractivity contribution in [2.75, 3.05) is 7.11 Å². The number of carbonyl (C=O) groups excluding carboxylic acids is 2. The summed E-state index contributed by atoms with van der Waals surface area (Å²) in [6.45, 7) is 1.59. The molecule has 6 nitrogen and oxygen atoms in total. The molecule has 1 heterocycles. The van der Waals surface area contributed by atoms with Crippen LogP contribution in [0.3, 0.4) is 0 Å². The fraction of sp³-hybridized carbons (Fsp3) is 0.292. The van der Waals surface area contributed by atoms with Crippen LogP contribution in [0, 0.1) is 11.7 Å². The second kappa shape index (κ2) is 8.71. The largest absolute Gasteiger partial charge is 0.497 e. The van der Waals surface area contributed by atoms with E-state index in [4.69, 9.17) is 14.0 Å². The first kappa shape index (κ1) is 20.8. The topological polar surface area (TPSA) is 78.6 Å². The summed E-state index contributed by atoms with van der Waals surface area (Å²) in [5.74, 6) is 0.155. The molecular weight excluding hydrogens is 401 g/mol. The van der Waals surface area contributed by atoms with Crippen LogP contribution < -0.4 is 9.47 Å². The molecule has 0 bridgehead atoms. The second-order valence-corrected chi connectivity index (χ2v) is 7.73. The first-order valence-electron chi connectivity index (χ1n) is 10.1. The Morgan fingerprint density at radius 3 is 2.68 bits per heavy atom. The van der Waals surface area contributed by atoms with Crippen molar-refractivity contribution < 1.29 is 28.0 Å². The van der Waals surface area contributed by atoms with Crippen LogP contribution >= 0.6 is 0 Å². The summed E-state index contributed by atoms with van der Waals surface area (Å²) >= 11 is 0. The predicted molar refractivity (Wildman–Crippen MR) is 111 cm³/mol. The van der Waals surface area contributed by atoms with E-state index in [0.29, 0.717) is 23.8 Å². The van der Waals surface area contributed by atoms with Gasteiger partial charge >= 0.3 is 5.97 Å². The molecule has 0 unspecified atom stereocenters. The van der Waals surface area contributed by atoms with Crippen LogP contribution in [0.25, 0.3) is 11.3 Å². The number of nitrogens with zero attached hydrogens (tertiary/aromatic N) is 1. The number of ether oxygens (including phenoxy) is 2. The summed E-state index contributed by atoms with van der Waals surface area (Å²) in [6, 6.07) is 12.7. The third-order valence-electron chi connectivity index (χ3n) is 5.36. The quantitative estimate of drug-likeness (QED) is 0.367. The number of carbonyl (C=O) groups is 2. The molecule has 1 aromatic heterocycles. The minimum atomic E-state index is -0.742. The number of Topliss-reactive ketones (excluding diaryl/α,β-unsaturated/α-hetero) is 1. The highest BCUT2D eigenvalue weighted by Crippen LogP contribution is 2.45. The summed E-state index contributed by atoms with van der Waals surface area (Å²) in [4.78, 5) is 24.2. The van der Waals surface area contributed by atoms with Crippen molar-refractivity contribution >= 4 is 11.8 Å². The van der Waals surface area contributed by atoms with Crippen molar-refractivity contribution in [3.05, 3.63) is 65.7 Å². The van der Waals surface area contributed by atoms with Gasteiger partial charge in [-0.05, 0) is 67.5 Å². The lowest BCUT2D eigenvalue weighted by Gasteiger charge is -2.16. The maximum absolute atomic E-state index is 14.2. The van der Waals surface area contributed by atoms with Gasteiger partial charge in [0.1, 0.15) is 28.8 Å². The van der Waals surface area contributed by atoms with Crippen LogP contribution in [0.2, 0.25) is 0 Å². The normalized spacial score (nSPS) is 14.2. The van der Waals surface area contributed by atoms with Gasteiger partial charge in [-0.3, -0.25) is 0 Å². The molecule has 1 aliphatic rings. The van der Waals surface area contributed by atoms with Crippen molar-refractivity contribution in [3.63, 3.8) is 0 Å². The molecule has 31 heavy (non-hydrogen) atoms. The molecule has 0 amide bonds. The number of ketones is 1. The van der Waals surface area contributed by atoms with Crippen molar-refractivity contribution in [2.45, 2.75) is 32.1 Å². The summed E-state index contributed by atoms with van der Waals surface area (Å²) in [5, 5.41) is 3.79. The van der Waals surface area contributed by atoms with E-state index < -0.39 is 11.8 Å². The minimum absolute atomic E-state index is 0.129. The number of benzene rings is 2. The van der Waals surface area contributed by atoms with E-state index in [0.717, 1.165) is 18.4 Å². The van der Waals surface area contributed by atoms with E-state index in [9.17, 15) is 14.0 Å². The van der Waals surface area contributed by atoms with Gasteiger partial charge in [-0.15, -0.1) is 0 Å². The number of aromatic nitrogens is 1. The number of halogens is 1. The van der Waals surface area contributed by atoms with Gasteiger partial charge in [0.15, 0.2) is 0 Å². The van der Waals surface area contributed by atoms with Crippen LogP contribution in [0.1, 0.15) is 48.2 Å². The number of hydrogen-bond donors (Lipinski definition) is 0. The molecule has 1 aliphatic carbocycles. The molecule has 4 rings (SSSR count). The number of esters is 1. The van der Waals surface area contributed by atoms with E-state index in [1.807, 2.05) is 6.07 Å². The Bertz CT molecular complexity index is 1120. The molecule has 0 radical (unpaired) electrons. The Labute approximate surface area is 179 Å². The van der Waals surface area contributed by atoms with Gasteiger partial charge in [-0.2, -0.15) is 0 Å². The smallest absolute Gasteiger partial charge is 0.382 e. The molecule has 160 valence electrons. The lowest BCUT2D eigenvalue weighted by Crippen LogP contribution is -2.09. The summed E-state index contributed by atoms with van der Waals surface area (Å²) in [5.41, 5.74) is 1.28. The summed E-state index contributed by atoms with van der Waals surface area (Å²) in [6.07, 6.45) is 2.67. The molecule has 1 saturated carbocycles. The highest BCUT2D eigenvalue weighted by atomic mass is 19.1. The third kappa shape index (κ3) is 4.82. The van der Waals surface area contributed by atoms with Gasteiger partial charge in [0, 0.05) is 18.1 Å². The first-order chi connectivity index (χ1) is 14.9. The van der Waals surface area contributed by atoms with E-state index >= 15 is 0 Å². The Kier molecular flexibility index (Phi) is 5.84. The van der Waals surface area contributed by atoms with E-state index in [2.05, 4.69) is 5.16 Å². The molecule has 1 atom stereocenters. The number of methoxy groups -OCH3 is 1. The Balaban J connectivity index is 1.51. The van der Waals surface area contributed by atoms with Crippen LogP contribution in [-0.4, -0.2) is 24.0 Å². The highest BCUT2D eigenvalue weighted by Gasteiger charge is 2.33. The Hall–Kier alpha value is -3.48. The first-order valence-corrected chi connectivity index (χ1v) is 10.1. The van der Waals surface area contributed by atoms with Crippen molar-refractivity contribution in [2.24, 2.45) is 5.92 Å². The van der Waals surface area contributed by atoms with Gasteiger partial charge in [-0.25, -0.2) is 9.18 Å². The highest BCUT2D eigenvalue weighted by molar-refractivity contribution is 5.89. The summed E-state index contributed by atoms with van der Waals surface area (Å²) < 4.78 is 29.8. The molecule has 0 aliphatic heterocycles. The molecule has 2 aromatic carbocycles. The zero-order valence-corrected chi connectivity index (χ0v) is 17.3. The average molecular weight is 423 g/mol. The fourth-order valence-electron chi connectivity index (χ4n) is 3.66. The molecule has 0 spiro atoms. The van der Waals surface area contributed by atoms with Gasteiger partial charge in [0.2, 0.25) is 5.76 Å². The fourth-order valence-corrected chi connectivity index (χ4v) is 3.66. The molecule has 0 N–H and O–H groups in total. The summed E-state index contributed by atoms with van der Waals surface area (Å²) in [7, 11) is 1.47. The van der Waals surface area contributed by atoms with Gasteiger partial charge < -0.3 is 18.8 Å². The predicted octanol–water partition coefficient (Wildman–Crippen LogP) is 5.18. The van der Waals surface area contributed by atoms with Crippen LogP contribution in [0.5, 0.6) is 11.5 Å². The lowest BCUT2D eigenvalue weighted by molar-refractivity contribution is -0.117. The average Bonchev–Trinajstić information content (AvgIpc) is 3.48. The maximum Gasteiger partial charge on any atom is 0.382 e. The molecule has 0 saturated heterocycles. The molecule has 3 aromatic rings. The number of hydrogen-bond acceptors (Lipinski definition) is 6. The van der Waals surface area contributed by atoms with Gasteiger partial charge in [-0.1, -0.05) is 17.3 Å². The minimum Gasteiger partial charge on any atom is -0.497 e. The molecule has 1 fully saturated rings. The molecular formula is C24H22FNO5. The lowest BCUT2D eigenvalue weighted by atomic mass is 9.89. The standard InChI is InChI=1S/C24H22FNO5/c1-14(27)10-19(15-6-7-15)16-4-3-5-18(11-16)30-24(28)23-13-22(26-31-23)20-12-17(29-2)8-9-21(20)25/h3-5,8-9,11-13,15,19H,6-7,10H2,1-2H3/t19-/m0/s1. The zero-order chi connectivity index (χ0) is 22.0. The molecule has 7 heteroatoms. The van der Waals surface area contributed by atoms with Crippen LogP contribution in [0.4, 0.5) is 4.39 Å². The van der Waals surface area contributed by atoms with Crippen LogP contribution in [-0.2, 0) is 4.79 Å². The van der Waals surface area contributed by atoms with Gasteiger partial charge in [0.05, 0.1) is 7.11 Å². The number of rotatable bonds is 8. The van der Waals surface area contributed by atoms with E-state index in [1.54, 1.807) is 25.1 Å². The second-order valence-electron chi connectivity index (χ2n) is 7.73. The van der Waals surface area contributed by atoms with Crippen molar-refractivity contribution in [1.29, 1.82) is 0 Å². The third-order valence-corrected chi connectivity index (χ3v) is 5.36. The van der Waals surface area contributed by atoms with E-state index in [1.165, 1.54) is 31.4 Å². The van der Waals surface area contributed by atoms with E-state index in [-0.39, 0.29) is 28.7 Å². The SMILES string of the molecule is COc1ccc(F)c(-c2cc(C(=O)Oc3cccc([C@@H](CC(C)=O)C4CC4)c3)on2)c1. The zero-order valence-electron chi connectivity index (χ0n) is 17.3. The van der Waals surface area contributed by atoms with Crippen LogP contribution in [0.15, 0.2) is 53.1 Å². The Morgan fingerprint density at radius 1 is 1.16 bits per heavy atom. The van der Waals surface area contributed by atoms with Crippen molar-refractivity contribution in [1.82, 2.24) is 5.16 Å². The maximum atomic E-state index is 14.2. The monoisotopic (exact) mass is 423 g/mol. The van der Waals surface area contributed by atoms with Crippen molar-refractivity contribution in [3.8, 4) is 22.8 Å².